The van der Waals surface area contributed by atoms with Gasteiger partial charge in [0.2, 0.25) is 0 Å². The van der Waals surface area contributed by atoms with Gasteiger partial charge in [-0.25, -0.2) is 9.97 Å². The molecule has 1 aliphatic rings. The molecule has 36 heavy (non-hydrogen) atoms. The zero-order valence-electron chi connectivity index (χ0n) is 21.1. The second-order valence-corrected chi connectivity index (χ2v) is 9.31. The summed E-state index contributed by atoms with van der Waals surface area (Å²) in [6, 6.07) is 14.2. The van der Waals surface area contributed by atoms with Crippen LogP contribution in [0.5, 0.6) is 5.75 Å². The van der Waals surface area contributed by atoms with E-state index in [4.69, 9.17) is 10.00 Å². The number of nitriles is 1. The molecular weight excluding hydrogens is 452 g/mol. The van der Waals surface area contributed by atoms with Crippen molar-refractivity contribution in [2.75, 3.05) is 38.0 Å². The van der Waals surface area contributed by atoms with Crippen molar-refractivity contribution < 1.29 is 9.53 Å². The van der Waals surface area contributed by atoms with E-state index in [0.717, 1.165) is 47.8 Å². The number of methoxy groups -OCH3 is 1. The number of anilines is 2. The number of rotatable bonds is 8. The van der Waals surface area contributed by atoms with Crippen LogP contribution in [0, 0.1) is 11.3 Å². The number of hydrogen-bond donors (Lipinski definition) is 1. The largest absolute Gasteiger partial charge is 0.495 e. The van der Waals surface area contributed by atoms with Crippen LogP contribution in [-0.2, 0) is 0 Å². The molecule has 2 aromatic carbocycles. The fourth-order valence-corrected chi connectivity index (χ4v) is 4.89. The van der Waals surface area contributed by atoms with E-state index in [2.05, 4.69) is 46.9 Å². The summed E-state index contributed by atoms with van der Waals surface area (Å²) in [7, 11) is 5.84. The monoisotopic (exact) mass is 484 g/mol. The van der Waals surface area contributed by atoms with Crippen LogP contribution in [-0.4, -0.2) is 60.6 Å². The molecule has 0 bridgehead atoms. The van der Waals surface area contributed by atoms with Crippen molar-refractivity contribution in [1.29, 1.82) is 5.26 Å². The van der Waals surface area contributed by atoms with Crippen molar-refractivity contribution in [3.8, 4) is 11.8 Å². The molecule has 0 saturated heterocycles. The Balaban J connectivity index is 1.77. The SMILES string of the molecule is C=C(C#N)CNc1c(OC)ccc2ccc(N(C(=O)c3ccncn3)C3CCC(N(C)C)CC3)cc12. The molecule has 1 fully saturated rings. The molecule has 1 aliphatic carbocycles. The highest BCUT2D eigenvalue weighted by molar-refractivity contribution is 6.07. The molecule has 4 rings (SSSR count). The Morgan fingerprint density at radius 1 is 1.17 bits per heavy atom. The summed E-state index contributed by atoms with van der Waals surface area (Å²) in [5.41, 5.74) is 2.35. The van der Waals surface area contributed by atoms with E-state index >= 15 is 0 Å². The third-order valence-corrected chi connectivity index (χ3v) is 6.88. The average molecular weight is 485 g/mol. The third kappa shape index (κ3) is 5.31. The minimum atomic E-state index is -0.139. The Labute approximate surface area is 212 Å². The van der Waals surface area contributed by atoms with Gasteiger partial charge in [0.1, 0.15) is 17.8 Å². The molecule has 0 unspecified atom stereocenters. The number of ether oxygens (including phenoxy) is 1. The van der Waals surface area contributed by atoms with E-state index in [-0.39, 0.29) is 11.9 Å². The second kappa shape index (κ2) is 11.2. The predicted molar refractivity (Wildman–Crippen MR) is 142 cm³/mol. The van der Waals surface area contributed by atoms with Gasteiger partial charge in [0, 0.05) is 41.5 Å². The standard InChI is InChI=1S/C28H32N6O2/c1-19(16-29)17-31-27-24-15-23(7-5-20(24)6-12-26(27)36-4)34(28(35)25-13-14-30-18-32-25)22-10-8-21(9-11-22)33(2)3/h5-7,12-15,18,21-22,31H,1,8-11,17H2,2-4H3. The van der Waals surface area contributed by atoms with Gasteiger partial charge >= 0.3 is 0 Å². The van der Waals surface area contributed by atoms with Gasteiger partial charge in [-0.15, -0.1) is 0 Å². The van der Waals surface area contributed by atoms with Crippen molar-refractivity contribution in [2.24, 2.45) is 0 Å². The number of fused-ring (bicyclic) bond motifs is 1. The van der Waals surface area contributed by atoms with Crippen molar-refractivity contribution in [3.05, 3.63) is 66.8 Å². The lowest BCUT2D eigenvalue weighted by Gasteiger charge is -2.38. The molecule has 0 atom stereocenters. The Morgan fingerprint density at radius 2 is 1.89 bits per heavy atom. The van der Waals surface area contributed by atoms with Crippen molar-refractivity contribution in [2.45, 2.75) is 37.8 Å². The maximum Gasteiger partial charge on any atom is 0.277 e. The Kier molecular flexibility index (Phi) is 7.81. The molecule has 1 heterocycles. The van der Waals surface area contributed by atoms with Gasteiger partial charge in [0.25, 0.3) is 5.91 Å². The number of nitrogens with zero attached hydrogens (tertiary/aromatic N) is 5. The number of benzene rings is 2. The fourth-order valence-electron chi connectivity index (χ4n) is 4.89. The Bertz CT molecular complexity index is 1280. The number of carbonyl (C=O) groups is 1. The van der Waals surface area contributed by atoms with Crippen LogP contribution in [0.1, 0.15) is 36.2 Å². The highest BCUT2D eigenvalue weighted by Crippen LogP contribution is 2.37. The van der Waals surface area contributed by atoms with E-state index < -0.39 is 0 Å². The number of amides is 1. The van der Waals surface area contributed by atoms with Crippen LogP contribution < -0.4 is 15.0 Å². The molecule has 1 N–H and O–H groups in total. The highest BCUT2D eigenvalue weighted by atomic mass is 16.5. The first-order valence-corrected chi connectivity index (χ1v) is 12.1. The van der Waals surface area contributed by atoms with Gasteiger partial charge in [0.05, 0.1) is 18.9 Å². The summed E-state index contributed by atoms with van der Waals surface area (Å²) in [5, 5.41) is 14.4. The first-order valence-electron chi connectivity index (χ1n) is 12.1. The van der Waals surface area contributed by atoms with E-state index in [0.29, 0.717) is 29.6 Å². The molecule has 8 nitrogen and oxygen atoms in total. The van der Waals surface area contributed by atoms with Crippen molar-refractivity contribution >= 4 is 28.1 Å². The molecule has 1 amide bonds. The first-order chi connectivity index (χ1) is 17.4. The van der Waals surface area contributed by atoms with Crippen LogP contribution in [0.15, 0.2) is 61.1 Å². The van der Waals surface area contributed by atoms with Crippen LogP contribution in [0.4, 0.5) is 11.4 Å². The molecule has 1 aromatic heterocycles. The van der Waals surface area contributed by atoms with E-state index in [1.165, 1.54) is 6.33 Å². The Morgan fingerprint density at radius 3 is 2.53 bits per heavy atom. The topological polar surface area (TPSA) is 94.4 Å². The summed E-state index contributed by atoms with van der Waals surface area (Å²) in [4.78, 5) is 26.2. The zero-order chi connectivity index (χ0) is 25.7. The summed E-state index contributed by atoms with van der Waals surface area (Å²) >= 11 is 0. The zero-order valence-corrected chi connectivity index (χ0v) is 21.1. The summed E-state index contributed by atoms with van der Waals surface area (Å²) in [6.45, 7) is 4.07. The summed E-state index contributed by atoms with van der Waals surface area (Å²) in [5.74, 6) is 0.519. The van der Waals surface area contributed by atoms with E-state index in [9.17, 15) is 4.79 Å². The third-order valence-electron chi connectivity index (χ3n) is 6.88. The first kappa shape index (κ1) is 25.1. The molecule has 0 aliphatic heterocycles. The molecule has 186 valence electrons. The lowest BCUT2D eigenvalue weighted by atomic mass is 9.89. The summed E-state index contributed by atoms with van der Waals surface area (Å²) in [6.07, 6.45) is 6.86. The van der Waals surface area contributed by atoms with Gasteiger partial charge in [-0.2, -0.15) is 5.26 Å². The molecular formula is C28H32N6O2. The van der Waals surface area contributed by atoms with Crippen molar-refractivity contribution in [3.63, 3.8) is 0 Å². The van der Waals surface area contributed by atoms with Crippen LogP contribution in [0.3, 0.4) is 0 Å². The highest BCUT2D eigenvalue weighted by Gasteiger charge is 2.32. The van der Waals surface area contributed by atoms with Gasteiger partial charge in [0.15, 0.2) is 0 Å². The maximum atomic E-state index is 13.8. The molecule has 0 spiro atoms. The van der Waals surface area contributed by atoms with Crippen molar-refractivity contribution in [1.82, 2.24) is 14.9 Å². The average Bonchev–Trinajstić information content (AvgIpc) is 2.92. The number of aromatic nitrogens is 2. The quantitative estimate of drug-likeness (QED) is 0.465. The van der Waals surface area contributed by atoms with Gasteiger partial charge in [-0.3, -0.25) is 4.79 Å². The van der Waals surface area contributed by atoms with Gasteiger partial charge in [-0.05, 0) is 69.4 Å². The number of nitrogens with one attached hydrogen (secondary N) is 1. The van der Waals surface area contributed by atoms with Gasteiger partial charge < -0.3 is 19.9 Å². The minimum Gasteiger partial charge on any atom is -0.495 e. The van der Waals surface area contributed by atoms with E-state index in [1.54, 1.807) is 19.4 Å². The Hall–Kier alpha value is -3.96. The number of hydrogen-bond acceptors (Lipinski definition) is 7. The van der Waals surface area contributed by atoms with Crippen LogP contribution in [0.2, 0.25) is 0 Å². The second-order valence-electron chi connectivity index (χ2n) is 9.31. The summed E-state index contributed by atoms with van der Waals surface area (Å²) < 4.78 is 5.61. The minimum absolute atomic E-state index is 0.0569. The predicted octanol–water partition coefficient (Wildman–Crippen LogP) is 4.65. The fraction of sp³-hybridized carbons (Fsp3) is 0.357. The lowest BCUT2D eigenvalue weighted by molar-refractivity contribution is 0.0958. The molecule has 0 radical (unpaired) electrons. The maximum absolute atomic E-state index is 13.8. The van der Waals surface area contributed by atoms with Crippen LogP contribution >= 0.6 is 0 Å². The lowest BCUT2D eigenvalue weighted by Crippen LogP contribution is -2.45. The van der Waals surface area contributed by atoms with Gasteiger partial charge in [-0.1, -0.05) is 18.7 Å². The molecule has 1 saturated carbocycles. The van der Waals surface area contributed by atoms with Crippen LogP contribution in [0.25, 0.3) is 10.8 Å². The molecule has 8 heteroatoms. The molecule has 3 aromatic rings. The normalized spacial score (nSPS) is 17.4. The smallest absolute Gasteiger partial charge is 0.277 e. The number of carbonyl (C=O) groups excluding carboxylic acids is 1. The van der Waals surface area contributed by atoms with E-state index in [1.807, 2.05) is 35.2 Å².